The lowest BCUT2D eigenvalue weighted by Gasteiger charge is -2.33. The van der Waals surface area contributed by atoms with Crippen molar-refractivity contribution in [2.75, 3.05) is 0 Å². The van der Waals surface area contributed by atoms with Gasteiger partial charge in [0.2, 0.25) is 0 Å². The van der Waals surface area contributed by atoms with Crippen molar-refractivity contribution in [3.05, 3.63) is 32.3 Å². The van der Waals surface area contributed by atoms with Gasteiger partial charge in [0.15, 0.2) is 0 Å². The van der Waals surface area contributed by atoms with Crippen LogP contribution in [-0.4, -0.2) is 0 Å². The molecule has 16 heavy (non-hydrogen) atoms. The number of hydrogen-bond acceptors (Lipinski definition) is 2. The summed E-state index contributed by atoms with van der Waals surface area (Å²) in [6, 6.07) is 1.55. The fourth-order valence-electron chi connectivity index (χ4n) is 3.62. The van der Waals surface area contributed by atoms with Gasteiger partial charge in [0.25, 0.3) is 0 Å². The number of fused-ring (bicyclic) bond motifs is 5. The van der Waals surface area contributed by atoms with Crippen molar-refractivity contribution in [2.24, 2.45) is 5.41 Å². The highest BCUT2D eigenvalue weighted by Crippen LogP contribution is 2.68. The van der Waals surface area contributed by atoms with Crippen LogP contribution in [0.4, 0.5) is 0 Å². The predicted octanol–water partition coefficient (Wildman–Crippen LogP) is 3.58. The van der Waals surface area contributed by atoms with Crippen LogP contribution in [0, 0.1) is 5.41 Å². The van der Waals surface area contributed by atoms with Crippen LogP contribution in [0.15, 0.2) is 19.8 Å². The van der Waals surface area contributed by atoms with Crippen LogP contribution < -0.4 is 5.63 Å². The van der Waals surface area contributed by atoms with Crippen LogP contribution in [0.1, 0.15) is 50.9 Å². The molecule has 2 aliphatic carbocycles. The van der Waals surface area contributed by atoms with E-state index in [0.717, 1.165) is 16.7 Å². The Labute approximate surface area is 103 Å². The van der Waals surface area contributed by atoms with Crippen molar-refractivity contribution in [1.82, 2.24) is 0 Å². The van der Waals surface area contributed by atoms with Crippen LogP contribution >= 0.6 is 15.9 Å². The zero-order valence-corrected chi connectivity index (χ0v) is 11.3. The average Bonchev–Trinajstić information content (AvgIpc) is 2.48. The van der Waals surface area contributed by atoms with Gasteiger partial charge in [-0.15, -0.1) is 0 Å². The summed E-state index contributed by atoms with van der Waals surface area (Å²) in [4.78, 5) is 11.5. The Hall–Kier alpha value is -0.570. The molecule has 2 unspecified atom stereocenters. The summed E-state index contributed by atoms with van der Waals surface area (Å²) in [7, 11) is 0. The molecule has 1 aromatic heterocycles. The molecule has 0 radical (unpaired) electrons. The Morgan fingerprint density at radius 3 is 2.81 bits per heavy atom. The molecule has 2 aliphatic rings. The Balaban J connectivity index is 2.38. The lowest BCUT2D eigenvalue weighted by molar-refractivity contribution is 0.201. The SMILES string of the molecule is CC12CCC(c3c(Br)cc(=O)oc31)C2(C)C. The monoisotopic (exact) mass is 282 g/mol. The largest absolute Gasteiger partial charge is 0.427 e. The molecule has 3 heteroatoms. The van der Waals surface area contributed by atoms with Crippen molar-refractivity contribution in [1.29, 1.82) is 0 Å². The molecule has 0 N–H and O–H groups in total. The third-order valence-electron chi connectivity index (χ3n) is 5.03. The molecule has 1 heterocycles. The molecule has 2 nitrogen and oxygen atoms in total. The third-order valence-corrected chi connectivity index (χ3v) is 5.68. The van der Waals surface area contributed by atoms with E-state index in [-0.39, 0.29) is 16.5 Å². The molecule has 0 spiro atoms. The summed E-state index contributed by atoms with van der Waals surface area (Å²) in [5.41, 5.74) is 1.21. The fourth-order valence-corrected chi connectivity index (χ4v) is 4.26. The quantitative estimate of drug-likeness (QED) is 0.728. The predicted molar refractivity (Wildman–Crippen MR) is 65.8 cm³/mol. The second-order valence-electron chi connectivity index (χ2n) is 5.80. The minimum atomic E-state index is -0.241. The second kappa shape index (κ2) is 2.81. The molecule has 1 fully saturated rings. The van der Waals surface area contributed by atoms with Gasteiger partial charge in [-0.05, 0) is 24.2 Å². The molecule has 0 aliphatic heterocycles. The van der Waals surface area contributed by atoms with Crippen LogP contribution in [0.25, 0.3) is 0 Å². The molecule has 0 amide bonds. The van der Waals surface area contributed by atoms with Crippen molar-refractivity contribution >= 4 is 15.9 Å². The molecule has 2 atom stereocenters. The van der Waals surface area contributed by atoms with Crippen molar-refractivity contribution in [2.45, 2.75) is 44.9 Å². The van der Waals surface area contributed by atoms with E-state index in [1.165, 1.54) is 12.0 Å². The molecule has 86 valence electrons. The van der Waals surface area contributed by atoms with E-state index in [1.54, 1.807) is 6.07 Å². The highest BCUT2D eigenvalue weighted by Gasteiger charge is 2.62. The van der Waals surface area contributed by atoms with Gasteiger partial charge in [-0.25, -0.2) is 4.79 Å². The second-order valence-corrected chi connectivity index (χ2v) is 6.66. The molecule has 2 bridgehead atoms. The molecule has 1 aromatic rings. The maximum absolute atomic E-state index is 11.5. The van der Waals surface area contributed by atoms with Gasteiger partial charge in [0, 0.05) is 21.5 Å². The van der Waals surface area contributed by atoms with Gasteiger partial charge >= 0.3 is 5.63 Å². The molecule has 1 saturated carbocycles. The lowest BCUT2D eigenvalue weighted by Crippen LogP contribution is -2.31. The van der Waals surface area contributed by atoms with Gasteiger partial charge in [-0.3, -0.25) is 0 Å². The van der Waals surface area contributed by atoms with Gasteiger partial charge in [0.1, 0.15) is 5.76 Å². The average molecular weight is 283 g/mol. The highest BCUT2D eigenvalue weighted by atomic mass is 79.9. The van der Waals surface area contributed by atoms with E-state index in [4.69, 9.17) is 4.42 Å². The van der Waals surface area contributed by atoms with Gasteiger partial charge < -0.3 is 4.42 Å². The normalized spacial score (nSPS) is 34.1. The number of rotatable bonds is 0. The first-order chi connectivity index (χ1) is 7.38. The fraction of sp³-hybridized carbons (Fsp3) is 0.615. The van der Waals surface area contributed by atoms with Gasteiger partial charge in [-0.2, -0.15) is 0 Å². The molecule has 0 saturated heterocycles. The Kier molecular flexibility index (Phi) is 1.86. The summed E-state index contributed by atoms with van der Waals surface area (Å²) in [6.07, 6.45) is 2.32. The van der Waals surface area contributed by atoms with Crippen LogP contribution in [0.3, 0.4) is 0 Å². The van der Waals surface area contributed by atoms with Crippen LogP contribution in [0.5, 0.6) is 0 Å². The Morgan fingerprint density at radius 1 is 1.44 bits per heavy atom. The first kappa shape index (κ1) is 10.6. The zero-order valence-electron chi connectivity index (χ0n) is 9.76. The van der Waals surface area contributed by atoms with E-state index >= 15 is 0 Å². The van der Waals surface area contributed by atoms with Crippen molar-refractivity contribution < 1.29 is 4.42 Å². The van der Waals surface area contributed by atoms with E-state index < -0.39 is 0 Å². The minimum Gasteiger partial charge on any atom is -0.427 e. The van der Waals surface area contributed by atoms with Crippen LogP contribution in [-0.2, 0) is 5.41 Å². The Morgan fingerprint density at radius 2 is 2.12 bits per heavy atom. The van der Waals surface area contributed by atoms with E-state index in [9.17, 15) is 4.79 Å². The van der Waals surface area contributed by atoms with E-state index in [1.807, 2.05) is 0 Å². The van der Waals surface area contributed by atoms with Gasteiger partial charge in [-0.1, -0.05) is 36.7 Å². The topological polar surface area (TPSA) is 30.2 Å². The van der Waals surface area contributed by atoms with Crippen LogP contribution in [0.2, 0.25) is 0 Å². The minimum absolute atomic E-state index is 0.0237. The highest BCUT2D eigenvalue weighted by molar-refractivity contribution is 9.10. The first-order valence-electron chi connectivity index (χ1n) is 5.72. The Bertz CT molecular complexity index is 529. The summed E-state index contributed by atoms with van der Waals surface area (Å²) in [5.74, 6) is 1.44. The summed E-state index contributed by atoms with van der Waals surface area (Å²) in [6.45, 7) is 6.81. The maximum atomic E-state index is 11.5. The summed E-state index contributed by atoms with van der Waals surface area (Å²) < 4.78 is 6.42. The zero-order chi connectivity index (χ0) is 11.7. The molecular weight excluding hydrogens is 268 g/mol. The first-order valence-corrected chi connectivity index (χ1v) is 6.51. The standard InChI is InChI=1S/C13H15BrO2/c1-12(2)7-4-5-13(12,3)11-10(7)8(14)6-9(15)16-11/h6-7H,4-5H2,1-3H3. The van der Waals surface area contributed by atoms with Crippen molar-refractivity contribution in [3.8, 4) is 0 Å². The third kappa shape index (κ3) is 0.963. The van der Waals surface area contributed by atoms with E-state index in [0.29, 0.717) is 5.92 Å². The summed E-state index contributed by atoms with van der Waals surface area (Å²) in [5, 5.41) is 0. The molecule has 0 aromatic carbocycles. The lowest BCUT2D eigenvalue weighted by atomic mass is 9.70. The number of halogens is 1. The van der Waals surface area contributed by atoms with Crippen molar-refractivity contribution in [3.63, 3.8) is 0 Å². The summed E-state index contributed by atoms with van der Waals surface area (Å²) >= 11 is 3.52. The number of hydrogen-bond donors (Lipinski definition) is 0. The molecular formula is C13H15BrO2. The van der Waals surface area contributed by atoms with Gasteiger partial charge in [0.05, 0.1) is 0 Å². The molecule has 3 rings (SSSR count). The maximum Gasteiger partial charge on any atom is 0.337 e. The smallest absolute Gasteiger partial charge is 0.337 e. The van der Waals surface area contributed by atoms with E-state index in [2.05, 4.69) is 36.7 Å².